The molecule has 30 heavy (non-hydrogen) atoms. The van der Waals surface area contributed by atoms with Gasteiger partial charge in [-0.05, 0) is 50.7 Å². The number of amides is 1. The molecule has 4 rings (SSSR count). The zero-order valence-corrected chi connectivity index (χ0v) is 17.3. The van der Waals surface area contributed by atoms with Gasteiger partial charge in [-0.2, -0.15) is 0 Å². The van der Waals surface area contributed by atoms with Crippen molar-refractivity contribution in [3.05, 3.63) is 65.5 Å². The van der Waals surface area contributed by atoms with Crippen molar-refractivity contribution < 1.29 is 9.59 Å². The molecule has 156 valence electrons. The molecular weight excluding hydrogens is 378 g/mol. The van der Waals surface area contributed by atoms with Crippen molar-refractivity contribution in [2.24, 2.45) is 5.73 Å². The van der Waals surface area contributed by atoms with Crippen LogP contribution in [0.2, 0.25) is 0 Å². The van der Waals surface area contributed by atoms with Gasteiger partial charge in [0.2, 0.25) is 5.91 Å². The molecule has 2 unspecified atom stereocenters. The topological polar surface area (TPSA) is 95.3 Å². The molecule has 1 amide bonds. The summed E-state index contributed by atoms with van der Waals surface area (Å²) in [4.78, 5) is 37.4. The molecule has 1 saturated heterocycles. The van der Waals surface area contributed by atoms with E-state index in [2.05, 4.69) is 4.98 Å². The van der Waals surface area contributed by atoms with Crippen LogP contribution in [0.15, 0.2) is 48.5 Å². The molecule has 0 saturated carbocycles. The van der Waals surface area contributed by atoms with Gasteiger partial charge in [0.05, 0.1) is 23.6 Å². The predicted molar refractivity (Wildman–Crippen MR) is 116 cm³/mol. The Morgan fingerprint density at radius 2 is 2.00 bits per heavy atom. The fourth-order valence-electron chi connectivity index (χ4n) is 4.25. The number of benzene rings is 2. The Labute approximate surface area is 175 Å². The summed E-state index contributed by atoms with van der Waals surface area (Å²) in [7, 11) is 3.86. The summed E-state index contributed by atoms with van der Waals surface area (Å²) < 4.78 is 0. The molecule has 3 aromatic rings. The van der Waals surface area contributed by atoms with Crippen molar-refractivity contribution >= 4 is 22.7 Å². The number of carbonyl (C=O) groups is 2. The van der Waals surface area contributed by atoms with Crippen LogP contribution in [-0.4, -0.2) is 58.6 Å². The molecule has 7 nitrogen and oxygen atoms in total. The molecule has 1 aromatic heterocycles. The van der Waals surface area contributed by atoms with Crippen LogP contribution in [0.1, 0.15) is 46.7 Å². The number of rotatable bonds is 6. The van der Waals surface area contributed by atoms with Gasteiger partial charge in [-0.3, -0.25) is 14.5 Å². The number of nitrogens with two attached hydrogens (primary N) is 1. The number of likely N-dealkylation sites (N-methyl/N-ethyl adjacent to an activating group) is 1. The first-order valence-electron chi connectivity index (χ1n) is 10.2. The molecule has 7 heteroatoms. The van der Waals surface area contributed by atoms with Gasteiger partial charge < -0.3 is 15.6 Å². The number of carbonyl (C=O) groups excluding carboxylic acids is 2. The molecule has 0 radical (unpaired) electrons. The smallest absolute Gasteiger partial charge is 0.245 e. The minimum atomic E-state index is -0.343. The summed E-state index contributed by atoms with van der Waals surface area (Å²) in [5.74, 6) is 0.731. The van der Waals surface area contributed by atoms with E-state index in [-0.39, 0.29) is 30.3 Å². The lowest BCUT2D eigenvalue weighted by Crippen LogP contribution is -2.40. The first kappa shape index (κ1) is 20.3. The maximum absolute atomic E-state index is 13.6. The van der Waals surface area contributed by atoms with Crippen molar-refractivity contribution in [1.82, 2.24) is 19.8 Å². The van der Waals surface area contributed by atoms with Gasteiger partial charge >= 0.3 is 0 Å². The minimum Gasteiger partial charge on any atom is -0.340 e. The van der Waals surface area contributed by atoms with Crippen LogP contribution in [0.25, 0.3) is 11.0 Å². The standard InChI is InChI=1S/C23H27N5O2/c1-27(2)21(15-7-4-3-5-8-15)23(30)28-12-6-9-19(28)22-25-17-11-10-16(20(29)14-24)13-18(17)26-22/h3-5,7-8,10-11,13,19,21H,6,9,12,14,24H2,1-2H3,(H,25,26). The lowest BCUT2D eigenvalue weighted by atomic mass is 10.0. The summed E-state index contributed by atoms with van der Waals surface area (Å²) >= 11 is 0. The average molecular weight is 406 g/mol. The number of fused-ring (bicyclic) bond motifs is 1. The van der Waals surface area contributed by atoms with E-state index < -0.39 is 0 Å². The van der Waals surface area contributed by atoms with Crippen LogP contribution >= 0.6 is 0 Å². The highest BCUT2D eigenvalue weighted by Gasteiger charge is 2.37. The number of ketones is 1. The van der Waals surface area contributed by atoms with Crippen molar-refractivity contribution in [3.8, 4) is 0 Å². The molecule has 2 atom stereocenters. The summed E-state index contributed by atoms with van der Waals surface area (Å²) in [6, 6.07) is 14.8. The first-order valence-corrected chi connectivity index (χ1v) is 10.2. The van der Waals surface area contributed by atoms with Gasteiger partial charge in [0.1, 0.15) is 11.9 Å². The van der Waals surface area contributed by atoms with Crippen LogP contribution in [0.4, 0.5) is 0 Å². The molecule has 3 N–H and O–H groups in total. The van der Waals surface area contributed by atoms with E-state index >= 15 is 0 Å². The summed E-state index contributed by atoms with van der Waals surface area (Å²) in [5, 5.41) is 0. The Morgan fingerprint density at radius 3 is 2.70 bits per heavy atom. The molecule has 2 heterocycles. The lowest BCUT2D eigenvalue weighted by molar-refractivity contribution is -0.137. The number of aromatic amines is 1. The van der Waals surface area contributed by atoms with E-state index in [1.54, 1.807) is 12.1 Å². The number of imidazole rings is 1. The van der Waals surface area contributed by atoms with Crippen molar-refractivity contribution in [2.45, 2.75) is 24.9 Å². The highest BCUT2D eigenvalue weighted by Crippen LogP contribution is 2.35. The zero-order valence-electron chi connectivity index (χ0n) is 17.3. The van der Waals surface area contributed by atoms with Gasteiger partial charge in [0, 0.05) is 12.1 Å². The Hall–Kier alpha value is -3.03. The van der Waals surface area contributed by atoms with E-state index in [1.165, 1.54) is 0 Å². The normalized spacial score (nSPS) is 17.6. The average Bonchev–Trinajstić information content (AvgIpc) is 3.39. The van der Waals surface area contributed by atoms with Gasteiger partial charge in [-0.15, -0.1) is 0 Å². The molecular formula is C23H27N5O2. The summed E-state index contributed by atoms with van der Waals surface area (Å²) in [6.07, 6.45) is 1.79. The van der Waals surface area contributed by atoms with E-state index in [0.717, 1.165) is 35.3 Å². The largest absolute Gasteiger partial charge is 0.340 e. The Kier molecular flexibility index (Phi) is 5.65. The van der Waals surface area contributed by atoms with Crippen molar-refractivity contribution in [1.29, 1.82) is 0 Å². The molecule has 1 aliphatic heterocycles. The van der Waals surface area contributed by atoms with Crippen molar-refractivity contribution in [3.63, 3.8) is 0 Å². The number of likely N-dealkylation sites (tertiary alicyclic amines) is 1. The number of aromatic nitrogens is 2. The number of H-pyrrole nitrogens is 1. The van der Waals surface area contributed by atoms with Gasteiger partial charge in [-0.25, -0.2) is 4.98 Å². The summed E-state index contributed by atoms with van der Waals surface area (Å²) in [5.41, 5.74) is 8.60. The second-order valence-electron chi connectivity index (χ2n) is 7.95. The van der Waals surface area contributed by atoms with E-state index in [9.17, 15) is 9.59 Å². The third-order valence-corrected chi connectivity index (χ3v) is 5.72. The predicted octanol–water partition coefficient (Wildman–Crippen LogP) is 2.67. The van der Waals surface area contributed by atoms with Crippen LogP contribution in [0.5, 0.6) is 0 Å². The molecule has 0 aliphatic carbocycles. The SMILES string of the molecule is CN(C)C(C(=O)N1CCCC1c1nc2ccc(C(=O)CN)cc2[nH]1)c1ccccc1. The molecule has 2 aromatic carbocycles. The Balaban J connectivity index is 1.64. The van der Waals surface area contributed by atoms with Gasteiger partial charge in [0.25, 0.3) is 0 Å². The van der Waals surface area contributed by atoms with Crippen LogP contribution in [-0.2, 0) is 4.79 Å². The highest BCUT2D eigenvalue weighted by molar-refractivity contribution is 6.00. The minimum absolute atomic E-state index is 0.0250. The lowest BCUT2D eigenvalue weighted by Gasteiger charge is -2.31. The second-order valence-corrected chi connectivity index (χ2v) is 7.95. The van der Waals surface area contributed by atoms with Crippen LogP contribution < -0.4 is 5.73 Å². The van der Waals surface area contributed by atoms with E-state index in [1.807, 2.05) is 60.3 Å². The molecule has 1 aliphatic rings. The number of nitrogens with zero attached hydrogens (tertiary/aromatic N) is 3. The third-order valence-electron chi connectivity index (χ3n) is 5.72. The second kappa shape index (κ2) is 8.38. The summed E-state index contributed by atoms with van der Waals surface area (Å²) in [6.45, 7) is 0.678. The Morgan fingerprint density at radius 1 is 1.23 bits per heavy atom. The van der Waals surface area contributed by atoms with Crippen molar-refractivity contribution in [2.75, 3.05) is 27.2 Å². The van der Waals surface area contributed by atoms with Gasteiger partial charge in [0.15, 0.2) is 5.78 Å². The monoisotopic (exact) mass is 405 g/mol. The number of Topliss-reactive ketones (excluding diaryl/α,β-unsaturated/α-hetero) is 1. The zero-order chi connectivity index (χ0) is 21.3. The molecule has 1 fully saturated rings. The quantitative estimate of drug-likeness (QED) is 0.615. The van der Waals surface area contributed by atoms with Gasteiger partial charge in [-0.1, -0.05) is 30.3 Å². The first-order chi connectivity index (χ1) is 14.5. The van der Waals surface area contributed by atoms with E-state index in [0.29, 0.717) is 12.1 Å². The maximum Gasteiger partial charge on any atom is 0.245 e. The fraction of sp³-hybridized carbons (Fsp3) is 0.348. The molecule has 0 spiro atoms. The third kappa shape index (κ3) is 3.74. The maximum atomic E-state index is 13.6. The number of hydrogen-bond acceptors (Lipinski definition) is 5. The number of nitrogens with one attached hydrogen (secondary N) is 1. The molecule has 0 bridgehead atoms. The van der Waals surface area contributed by atoms with Crippen LogP contribution in [0.3, 0.4) is 0 Å². The van der Waals surface area contributed by atoms with Crippen LogP contribution in [0, 0.1) is 0 Å². The highest BCUT2D eigenvalue weighted by atomic mass is 16.2. The Bertz CT molecular complexity index is 1060. The fourth-order valence-corrected chi connectivity index (χ4v) is 4.25. The van der Waals surface area contributed by atoms with E-state index in [4.69, 9.17) is 10.7 Å². The number of hydrogen-bond donors (Lipinski definition) is 2.